The number of amides is 2. The first-order chi connectivity index (χ1) is 11.1. The molecule has 0 aliphatic heterocycles. The summed E-state index contributed by atoms with van der Waals surface area (Å²) in [6.07, 6.45) is 4.87. The highest BCUT2D eigenvalue weighted by atomic mass is 16.5. The van der Waals surface area contributed by atoms with Crippen LogP contribution in [-0.4, -0.2) is 31.6 Å². The third-order valence-corrected chi connectivity index (χ3v) is 4.37. The molecule has 0 saturated heterocycles. The van der Waals surface area contributed by atoms with Crippen LogP contribution in [-0.2, 0) is 16.1 Å². The predicted molar refractivity (Wildman–Crippen MR) is 89.1 cm³/mol. The van der Waals surface area contributed by atoms with Crippen molar-refractivity contribution in [3.8, 4) is 0 Å². The maximum absolute atomic E-state index is 11.9. The molecule has 5 nitrogen and oxygen atoms in total. The van der Waals surface area contributed by atoms with Crippen molar-refractivity contribution in [1.29, 1.82) is 0 Å². The summed E-state index contributed by atoms with van der Waals surface area (Å²) in [6.45, 7) is 2.68. The van der Waals surface area contributed by atoms with E-state index >= 15 is 0 Å². The molecule has 2 amide bonds. The Kier molecular flexibility index (Phi) is 6.59. The highest BCUT2D eigenvalue weighted by Gasteiger charge is 2.22. The molecular formula is C18H26N2O3. The van der Waals surface area contributed by atoms with Gasteiger partial charge in [0.15, 0.2) is 0 Å². The molecule has 1 aliphatic carbocycles. The summed E-state index contributed by atoms with van der Waals surface area (Å²) < 4.78 is 5.75. The lowest BCUT2D eigenvalue weighted by Gasteiger charge is -2.28. The topological polar surface area (TPSA) is 67.4 Å². The summed E-state index contributed by atoms with van der Waals surface area (Å²) in [7, 11) is 1.60. The second-order valence-corrected chi connectivity index (χ2v) is 6.17. The van der Waals surface area contributed by atoms with Crippen molar-refractivity contribution in [1.82, 2.24) is 10.6 Å². The second kappa shape index (κ2) is 8.67. The molecule has 1 aromatic rings. The molecule has 1 aliphatic rings. The monoisotopic (exact) mass is 318 g/mol. The summed E-state index contributed by atoms with van der Waals surface area (Å²) in [5.41, 5.74) is 1.48. The first-order valence-corrected chi connectivity index (χ1v) is 8.29. The van der Waals surface area contributed by atoms with Gasteiger partial charge in [0.05, 0.1) is 6.10 Å². The molecule has 1 fully saturated rings. The van der Waals surface area contributed by atoms with E-state index in [1.807, 2.05) is 12.1 Å². The number of ether oxygens (including phenoxy) is 1. The van der Waals surface area contributed by atoms with Gasteiger partial charge in [0.1, 0.15) is 6.61 Å². The number of rotatable bonds is 6. The Balaban J connectivity index is 1.77. The molecule has 0 unspecified atom stereocenters. The van der Waals surface area contributed by atoms with Crippen LogP contribution in [0.1, 0.15) is 48.5 Å². The predicted octanol–water partition coefficient (Wildman–Crippen LogP) is 2.26. The minimum absolute atomic E-state index is 0.101. The minimum Gasteiger partial charge on any atom is -0.368 e. The summed E-state index contributed by atoms with van der Waals surface area (Å²) >= 11 is 0. The Morgan fingerprint density at radius 2 is 2.04 bits per heavy atom. The van der Waals surface area contributed by atoms with Crippen LogP contribution in [0.5, 0.6) is 0 Å². The van der Waals surface area contributed by atoms with E-state index in [0.717, 1.165) is 12.0 Å². The van der Waals surface area contributed by atoms with Crippen molar-refractivity contribution < 1.29 is 14.3 Å². The van der Waals surface area contributed by atoms with E-state index < -0.39 is 0 Å². The van der Waals surface area contributed by atoms with Crippen molar-refractivity contribution in [3.05, 3.63) is 35.4 Å². The summed E-state index contributed by atoms with van der Waals surface area (Å²) in [5.74, 6) is 0.279. The highest BCUT2D eigenvalue weighted by Crippen LogP contribution is 2.26. The van der Waals surface area contributed by atoms with Gasteiger partial charge in [0.2, 0.25) is 5.91 Å². The molecule has 2 N–H and O–H groups in total. The van der Waals surface area contributed by atoms with Crippen LogP contribution in [0.4, 0.5) is 0 Å². The molecule has 126 valence electrons. The number of nitrogens with one attached hydrogen (secondary N) is 2. The summed E-state index contributed by atoms with van der Waals surface area (Å²) in [4.78, 5) is 23.5. The van der Waals surface area contributed by atoms with Gasteiger partial charge in [-0.25, -0.2) is 0 Å². The largest absolute Gasteiger partial charge is 0.368 e. The molecule has 2 atom stereocenters. The third kappa shape index (κ3) is 5.36. The van der Waals surface area contributed by atoms with Gasteiger partial charge in [-0.2, -0.15) is 0 Å². The van der Waals surface area contributed by atoms with E-state index in [1.165, 1.54) is 19.3 Å². The van der Waals surface area contributed by atoms with Gasteiger partial charge < -0.3 is 15.4 Å². The summed E-state index contributed by atoms with van der Waals surface area (Å²) in [6, 6.07) is 7.23. The Bertz CT molecular complexity index is 545. The van der Waals surface area contributed by atoms with Crippen molar-refractivity contribution in [2.24, 2.45) is 5.92 Å². The van der Waals surface area contributed by atoms with Gasteiger partial charge in [-0.3, -0.25) is 9.59 Å². The fourth-order valence-electron chi connectivity index (χ4n) is 2.93. The molecule has 2 rings (SSSR count). The summed E-state index contributed by atoms with van der Waals surface area (Å²) in [5, 5.41) is 5.43. The smallest absolute Gasteiger partial charge is 0.251 e. The van der Waals surface area contributed by atoms with Crippen LogP contribution in [0.25, 0.3) is 0 Å². The van der Waals surface area contributed by atoms with Gasteiger partial charge in [-0.1, -0.05) is 31.9 Å². The number of benzene rings is 1. The van der Waals surface area contributed by atoms with E-state index in [9.17, 15) is 9.59 Å². The van der Waals surface area contributed by atoms with E-state index in [2.05, 4.69) is 17.6 Å². The Hall–Kier alpha value is -1.88. The first kappa shape index (κ1) is 17.5. The van der Waals surface area contributed by atoms with Gasteiger partial charge in [-0.05, 0) is 36.5 Å². The molecule has 0 bridgehead atoms. The Morgan fingerprint density at radius 1 is 1.26 bits per heavy atom. The number of hydrogen-bond donors (Lipinski definition) is 2. The molecule has 0 radical (unpaired) electrons. The average molecular weight is 318 g/mol. The Morgan fingerprint density at radius 3 is 2.78 bits per heavy atom. The normalized spacial score (nSPS) is 20.8. The quantitative estimate of drug-likeness (QED) is 0.845. The van der Waals surface area contributed by atoms with Crippen LogP contribution in [0.15, 0.2) is 24.3 Å². The lowest BCUT2D eigenvalue weighted by molar-refractivity contribution is -0.129. The highest BCUT2D eigenvalue weighted by molar-refractivity contribution is 5.94. The van der Waals surface area contributed by atoms with Gasteiger partial charge in [0.25, 0.3) is 5.91 Å². The van der Waals surface area contributed by atoms with E-state index in [4.69, 9.17) is 4.74 Å². The average Bonchev–Trinajstić information content (AvgIpc) is 2.58. The zero-order valence-electron chi connectivity index (χ0n) is 13.9. The third-order valence-electron chi connectivity index (χ3n) is 4.37. The minimum atomic E-state index is -0.132. The molecule has 0 spiro atoms. The molecule has 0 aromatic heterocycles. The molecule has 1 aromatic carbocycles. The molecule has 23 heavy (non-hydrogen) atoms. The van der Waals surface area contributed by atoms with E-state index in [-0.39, 0.29) is 24.5 Å². The zero-order chi connectivity index (χ0) is 16.7. The zero-order valence-corrected chi connectivity index (χ0v) is 13.9. The second-order valence-electron chi connectivity index (χ2n) is 6.17. The number of carbonyl (C=O) groups excluding carboxylic acids is 2. The number of carbonyl (C=O) groups is 2. The fourth-order valence-corrected chi connectivity index (χ4v) is 2.93. The SMILES string of the molecule is CNC(=O)c1cccc(CNC(=O)CO[C@@H]2CCCC[C@@H]2C)c1. The number of hydrogen-bond acceptors (Lipinski definition) is 3. The van der Waals surface area contributed by atoms with Crippen LogP contribution >= 0.6 is 0 Å². The van der Waals surface area contributed by atoms with E-state index in [1.54, 1.807) is 19.2 Å². The molecule has 5 heteroatoms. The van der Waals surface area contributed by atoms with Gasteiger partial charge >= 0.3 is 0 Å². The maximum atomic E-state index is 11.9. The fraction of sp³-hybridized carbons (Fsp3) is 0.556. The molecule has 1 saturated carbocycles. The van der Waals surface area contributed by atoms with Crippen molar-refractivity contribution in [2.45, 2.75) is 45.3 Å². The van der Waals surface area contributed by atoms with Crippen LogP contribution in [0.2, 0.25) is 0 Å². The maximum Gasteiger partial charge on any atom is 0.251 e. The van der Waals surface area contributed by atoms with Crippen molar-refractivity contribution in [3.63, 3.8) is 0 Å². The van der Waals surface area contributed by atoms with Crippen LogP contribution in [0.3, 0.4) is 0 Å². The lowest BCUT2D eigenvalue weighted by Crippen LogP contribution is -2.33. The Labute approximate surface area is 137 Å². The van der Waals surface area contributed by atoms with Gasteiger partial charge in [0, 0.05) is 19.2 Å². The van der Waals surface area contributed by atoms with Gasteiger partial charge in [-0.15, -0.1) is 0 Å². The lowest BCUT2D eigenvalue weighted by atomic mass is 9.88. The first-order valence-electron chi connectivity index (χ1n) is 8.29. The molecule has 0 heterocycles. The van der Waals surface area contributed by atoms with Crippen molar-refractivity contribution in [2.75, 3.05) is 13.7 Å². The van der Waals surface area contributed by atoms with Crippen molar-refractivity contribution >= 4 is 11.8 Å². The van der Waals surface area contributed by atoms with Crippen LogP contribution < -0.4 is 10.6 Å². The molecular weight excluding hydrogens is 292 g/mol. The van der Waals surface area contributed by atoms with E-state index in [0.29, 0.717) is 18.0 Å². The van der Waals surface area contributed by atoms with Crippen LogP contribution in [0, 0.1) is 5.92 Å². The standard InChI is InChI=1S/C18H26N2O3/c1-13-6-3-4-9-16(13)23-12-17(21)20-11-14-7-5-8-15(10-14)18(22)19-2/h5,7-8,10,13,16H,3-4,6,9,11-12H2,1-2H3,(H,19,22)(H,20,21)/t13-,16+/m0/s1.